The van der Waals surface area contributed by atoms with Gasteiger partial charge >= 0.3 is 143 Å². The summed E-state index contributed by atoms with van der Waals surface area (Å²) < 4.78 is 0. The SMILES string of the molecule is CCCCCCC[PH](CC)(CCCCCC)CCCCCC. The predicted molar refractivity (Wildman–Crippen MR) is 111 cm³/mol. The average molecular weight is 331 g/mol. The third-order valence-corrected chi connectivity index (χ3v) is 11.4. The predicted octanol–water partition coefficient (Wildman–Crippen LogP) is 7.89. The molecule has 0 nitrogen and oxygen atoms in total. The van der Waals surface area contributed by atoms with Gasteiger partial charge in [0.15, 0.2) is 0 Å². The second kappa shape index (κ2) is 16.3. The van der Waals surface area contributed by atoms with E-state index in [-0.39, 0.29) is 0 Å². The van der Waals surface area contributed by atoms with Gasteiger partial charge in [-0.3, -0.25) is 0 Å². The first-order valence-corrected chi connectivity index (χ1v) is 13.6. The first-order chi connectivity index (χ1) is 10.7. The van der Waals surface area contributed by atoms with E-state index in [0.717, 1.165) is 0 Å². The molecule has 0 spiro atoms. The Kier molecular flexibility index (Phi) is 16.6. The number of hydrogen-bond donors (Lipinski definition) is 0. The number of unbranched alkanes of at least 4 members (excludes halogenated alkanes) is 10. The van der Waals surface area contributed by atoms with Gasteiger partial charge in [0.25, 0.3) is 0 Å². The van der Waals surface area contributed by atoms with Crippen LogP contribution in [0.1, 0.15) is 111 Å². The van der Waals surface area contributed by atoms with E-state index < -0.39 is 7.26 Å². The van der Waals surface area contributed by atoms with Crippen LogP contribution in [0.15, 0.2) is 0 Å². The van der Waals surface area contributed by atoms with Gasteiger partial charge in [-0.05, 0) is 0 Å². The van der Waals surface area contributed by atoms with Crippen molar-refractivity contribution in [2.75, 3.05) is 24.6 Å². The van der Waals surface area contributed by atoms with Crippen molar-refractivity contribution in [1.29, 1.82) is 0 Å². The first kappa shape index (κ1) is 22.4. The van der Waals surface area contributed by atoms with Gasteiger partial charge in [0.05, 0.1) is 0 Å². The van der Waals surface area contributed by atoms with Crippen LogP contribution in [0.5, 0.6) is 0 Å². The number of hydrogen-bond acceptors (Lipinski definition) is 0. The molecule has 0 unspecified atom stereocenters. The van der Waals surface area contributed by atoms with Crippen LogP contribution in [0.25, 0.3) is 0 Å². The van der Waals surface area contributed by atoms with Crippen LogP contribution in [-0.4, -0.2) is 24.6 Å². The molecule has 0 saturated heterocycles. The Labute approximate surface area is 143 Å². The molecule has 0 rings (SSSR count). The summed E-state index contributed by atoms with van der Waals surface area (Å²) >= 11 is 0. The Balaban J connectivity index is 4.21. The number of rotatable bonds is 17. The van der Waals surface area contributed by atoms with E-state index in [0.29, 0.717) is 0 Å². The second-order valence-corrected chi connectivity index (χ2v) is 12.8. The molecule has 22 heavy (non-hydrogen) atoms. The molecule has 0 radical (unpaired) electrons. The summed E-state index contributed by atoms with van der Waals surface area (Å²) in [6.45, 7) is 9.52. The fraction of sp³-hybridized carbons (Fsp3) is 1.00. The van der Waals surface area contributed by atoms with E-state index in [1.54, 1.807) is 31.1 Å². The monoisotopic (exact) mass is 330 g/mol. The minimum absolute atomic E-state index is 0.930. The molecule has 136 valence electrons. The quantitative estimate of drug-likeness (QED) is 0.188. The Morgan fingerprint density at radius 1 is 0.409 bits per heavy atom. The van der Waals surface area contributed by atoms with Gasteiger partial charge in [0.2, 0.25) is 0 Å². The van der Waals surface area contributed by atoms with Crippen molar-refractivity contribution in [2.24, 2.45) is 0 Å². The zero-order valence-corrected chi connectivity index (χ0v) is 17.5. The topological polar surface area (TPSA) is 0 Å². The van der Waals surface area contributed by atoms with Crippen LogP contribution in [0.2, 0.25) is 0 Å². The van der Waals surface area contributed by atoms with Crippen molar-refractivity contribution in [1.82, 2.24) is 0 Å². The molecule has 0 atom stereocenters. The molecule has 0 heterocycles. The molecule has 0 bridgehead atoms. The molecule has 0 aromatic carbocycles. The zero-order chi connectivity index (χ0) is 16.5. The summed E-state index contributed by atoms with van der Waals surface area (Å²) in [7, 11) is -0.930. The standard InChI is InChI=1S/C21H47P/c1-5-9-12-15-18-21-22(8-4,19-16-13-10-6-2)20-17-14-11-7-3/h22H,5-21H2,1-4H3. The van der Waals surface area contributed by atoms with Gasteiger partial charge in [0, 0.05) is 0 Å². The third-order valence-electron chi connectivity index (χ3n) is 5.68. The normalized spacial score (nSPS) is 12.7. The summed E-state index contributed by atoms with van der Waals surface area (Å²) in [6, 6.07) is 0. The van der Waals surface area contributed by atoms with Crippen molar-refractivity contribution in [3.8, 4) is 0 Å². The van der Waals surface area contributed by atoms with E-state index in [1.165, 1.54) is 77.0 Å². The van der Waals surface area contributed by atoms with Gasteiger partial charge in [-0.2, -0.15) is 0 Å². The van der Waals surface area contributed by atoms with Crippen LogP contribution in [0, 0.1) is 0 Å². The van der Waals surface area contributed by atoms with Crippen molar-refractivity contribution < 1.29 is 0 Å². The molecule has 0 saturated carbocycles. The molecule has 0 aliphatic heterocycles. The van der Waals surface area contributed by atoms with Crippen LogP contribution in [0.3, 0.4) is 0 Å². The van der Waals surface area contributed by atoms with E-state index in [2.05, 4.69) is 27.7 Å². The Morgan fingerprint density at radius 2 is 0.727 bits per heavy atom. The molecular weight excluding hydrogens is 283 g/mol. The molecule has 0 aliphatic carbocycles. The summed E-state index contributed by atoms with van der Waals surface area (Å²) in [5, 5.41) is 0. The molecule has 0 aromatic rings. The van der Waals surface area contributed by atoms with Gasteiger partial charge in [0.1, 0.15) is 0 Å². The van der Waals surface area contributed by atoms with Gasteiger partial charge < -0.3 is 0 Å². The molecule has 0 amide bonds. The van der Waals surface area contributed by atoms with Gasteiger partial charge in [-0.1, -0.05) is 0 Å². The summed E-state index contributed by atoms with van der Waals surface area (Å²) in [5.74, 6) is 0. The Morgan fingerprint density at radius 3 is 1.05 bits per heavy atom. The van der Waals surface area contributed by atoms with Gasteiger partial charge in [-0.15, -0.1) is 0 Å². The van der Waals surface area contributed by atoms with Crippen molar-refractivity contribution in [3.63, 3.8) is 0 Å². The van der Waals surface area contributed by atoms with Crippen molar-refractivity contribution >= 4 is 7.26 Å². The third kappa shape index (κ3) is 11.9. The van der Waals surface area contributed by atoms with E-state index in [1.807, 2.05) is 0 Å². The molecule has 0 fully saturated rings. The van der Waals surface area contributed by atoms with Crippen molar-refractivity contribution in [3.05, 3.63) is 0 Å². The second-order valence-electron chi connectivity index (χ2n) is 7.64. The molecule has 0 aliphatic rings. The van der Waals surface area contributed by atoms with Crippen LogP contribution >= 0.6 is 7.26 Å². The zero-order valence-electron chi connectivity index (χ0n) is 16.5. The van der Waals surface area contributed by atoms with Crippen LogP contribution in [-0.2, 0) is 0 Å². The first-order valence-electron chi connectivity index (χ1n) is 10.7. The van der Waals surface area contributed by atoms with Crippen LogP contribution < -0.4 is 0 Å². The Hall–Kier alpha value is 0.430. The molecule has 0 N–H and O–H groups in total. The molecule has 1 heteroatoms. The average Bonchev–Trinajstić information content (AvgIpc) is 2.54. The maximum absolute atomic E-state index is 2.53. The summed E-state index contributed by atoms with van der Waals surface area (Å²) in [6.07, 6.45) is 25.6. The van der Waals surface area contributed by atoms with E-state index in [9.17, 15) is 0 Å². The minimum atomic E-state index is -0.930. The van der Waals surface area contributed by atoms with Crippen molar-refractivity contribution in [2.45, 2.75) is 111 Å². The summed E-state index contributed by atoms with van der Waals surface area (Å²) in [5.41, 5.74) is 0. The Bertz CT molecular complexity index is 200. The molecular formula is C21H47P. The maximum atomic E-state index is 2.53. The van der Waals surface area contributed by atoms with E-state index >= 15 is 0 Å². The summed E-state index contributed by atoms with van der Waals surface area (Å²) in [4.78, 5) is 0. The fourth-order valence-corrected chi connectivity index (χ4v) is 8.67. The fourth-order valence-electron chi connectivity index (χ4n) is 3.86. The van der Waals surface area contributed by atoms with Crippen LogP contribution in [0.4, 0.5) is 0 Å². The van der Waals surface area contributed by atoms with Gasteiger partial charge in [-0.25, -0.2) is 0 Å². The molecule has 0 aromatic heterocycles. The van der Waals surface area contributed by atoms with E-state index in [4.69, 9.17) is 0 Å².